The van der Waals surface area contributed by atoms with Crippen molar-refractivity contribution in [2.75, 3.05) is 19.8 Å². The Hall–Kier alpha value is -0.750. The fourth-order valence-corrected chi connectivity index (χ4v) is 2.06. The Labute approximate surface area is 112 Å². The zero-order valence-electron chi connectivity index (χ0n) is 9.63. The smallest absolute Gasteiger partial charge is 0.153 e. The van der Waals surface area contributed by atoms with Crippen molar-refractivity contribution in [3.8, 4) is 5.75 Å². The third-order valence-electron chi connectivity index (χ3n) is 2.88. The van der Waals surface area contributed by atoms with Gasteiger partial charge in [-0.3, -0.25) is 9.29 Å². The summed E-state index contributed by atoms with van der Waals surface area (Å²) in [4.78, 5) is 1.94. The van der Waals surface area contributed by atoms with Crippen LogP contribution < -0.4 is 4.74 Å². The number of hydrogen-bond acceptors (Lipinski definition) is 2. The van der Waals surface area contributed by atoms with Gasteiger partial charge in [-0.05, 0) is 22.4 Å². The Morgan fingerprint density at radius 1 is 1.33 bits per heavy atom. The molecule has 1 aromatic rings. The first-order valence-electron chi connectivity index (χ1n) is 5.73. The van der Waals surface area contributed by atoms with Crippen molar-refractivity contribution >= 4 is 15.9 Å². The van der Waals surface area contributed by atoms with E-state index in [-0.39, 0.29) is 23.1 Å². The molecule has 1 aromatic carbocycles. The van der Waals surface area contributed by atoms with E-state index in [9.17, 15) is 13.2 Å². The van der Waals surface area contributed by atoms with E-state index in [1.54, 1.807) is 0 Å². The molecule has 0 spiro atoms. The molecular weight excluding hydrogens is 311 g/mol. The van der Waals surface area contributed by atoms with E-state index in [2.05, 4.69) is 15.9 Å². The van der Waals surface area contributed by atoms with E-state index in [4.69, 9.17) is 4.74 Å². The van der Waals surface area contributed by atoms with Crippen LogP contribution in [-0.2, 0) is 0 Å². The van der Waals surface area contributed by atoms with Crippen molar-refractivity contribution in [2.45, 2.75) is 19.1 Å². The average molecular weight is 324 g/mol. The zero-order valence-corrected chi connectivity index (χ0v) is 11.2. The molecule has 2 nitrogen and oxygen atoms in total. The molecule has 6 heteroatoms. The van der Waals surface area contributed by atoms with Gasteiger partial charge in [0.1, 0.15) is 17.4 Å². The second-order valence-electron chi connectivity index (χ2n) is 4.14. The summed E-state index contributed by atoms with van der Waals surface area (Å²) >= 11 is 2.80. The minimum atomic E-state index is -0.695. The molecule has 1 unspecified atom stereocenters. The summed E-state index contributed by atoms with van der Waals surface area (Å²) in [5.74, 6) is -1.23. The molecule has 1 aliphatic rings. The quantitative estimate of drug-likeness (QED) is 0.769. The Balaban J connectivity index is 1.97. The first-order valence-corrected chi connectivity index (χ1v) is 6.52. The van der Waals surface area contributed by atoms with Crippen molar-refractivity contribution < 1.29 is 17.9 Å². The molecule has 0 bridgehead atoms. The van der Waals surface area contributed by atoms with Crippen LogP contribution in [0, 0.1) is 11.6 Å². The molecule has 0 radical (unpaired) electrons. The number of halogens is 4. The maximum atomic E-state index is 13.3. The van der Waals surface area contributed by atoms with Crippen molar-refractivity contribution in [3.05, 3.63) is 28.2 Å². The van der Waals surface area contributed by atoms with E-state index in [0.717, 1.165) is 25.1 Å². The number of likely N-dealkylation sites (tertiary alicyclic amines) is 1. The average Bonchev–Trinajstić information content (AvgIpc) is 2.32. The molecule has 0 N–H and O–H groups in total. The molecule has 1 heterocycles. The van der Waals surface area contributed by atoms with Crippen LogP contribution in [0.3, 0.4) is 0 Å². The van der Waals surface area contributed by atoms with Crippen LogP contribution in [0.2, 0.25) is 0 Å². The van der Waals surface area contributed by atoms with Crippen molar-refractivity contribution in [2.24, 2.45) is 0 Å². The number of benzene rings is 1. The summed E-state index contributed by atoms with van der Waals surface area (Å²) < 4.78 is 43.9. The summed E-state index contributed by atoms with van der Waals surface area (Å²) in [5.41, 5.74) is 0. The van der Waals surface area contributed by atoms with Gasteiger partial charge in [0.2, 0.25) is 0 Å². The summed E-state index contributed by atoms with van der Waals surface area (Å²) in [5, 5.41) is 0. The summed E-state index contributed by atoms with van der Waals surface area (Å²) in [6.07, 6.45) is 1.02. The normalized spacial score (nSPS) is 19.7. The van der Waals surface area contributed by atoms with Crippen molar-refractivity contribution in [3.63, 3.8) is 0 Å². The lowest BCUT2D eigenvalue weighted by atomic mass is 10.1. The van der Waals surface area contributed by atoms with Crippen LogP contribution in [0.5, 0.6) is 5.75 Å². The lowest BCUT2D eigenvalue weighted by Gasteiger charge is -2.40. The second-order valence-corrected chi connectivity index (χ2v) is 4.93. The van der Waals surface area contributed by atoms with Crippen molar-refractivity contribution in [1.29, 1.82) is 0 Å². The van der Waals surface area contributed by atoms with E-state index in [1.807, 2.05) is 4.90 Å². The van der Waals surface area contributed by atoms with Gasteiger partial charge in [0.15, 0.2) is 6.23 Å². The topological polar surface area (TPSA) is 12.5 Å². The lowest BCUT2D eigenvalue weighted by molar-refractivity contribution is -0.0555. The summed E-state index contributed by atoms with van der Waals surface area (Å²) in [7, 11) is 0. The molecule has 0 aliphatic carbocycles. The molecule has 2 rings (SSSR count). The minimum Gasteiger partial charge on any atom is -0.475 e. The highest BCUT2D eigenvalue weighted by Gasteiger charge is 2.29. The van der Waals surface area contributed by atoms with Gasteiger partial charge in [-0.1, -0.05) is 0 Å². The van der Waals surface area contributed by atoms with E-state index in [1.165, 1.54) is 0 Å². The molecule has 1 saturated heterocycles. The third-order valence-corrected chi connectivity index (χ3v) is 3.64. The zero-order chi connectivity index (χ0) is 13.1. The molecule has 1 aliphatic heterocycles. The van der Waals surface area contributed by atoms with Gasteiger partial charge in [0.25, 0.3) is 0 Å². The fourth-order valence-electron chi connectivity index (χ4n) is 1.83. The van der Waals surface area contributed by atoms with Gasteiger partial charge < -0.3 is 4.74 Å². The van der Waals surface area contributed by atoms with Crippen LogP contribution >= 0.6 is 15.9 Å². The first kappa shape index (κ1) is 13.7. The first-order chi connectivity index (χ1) is 8.61. The standard InChI is InChI=1S/C12H13BrF3NO/c13-12-9(15)6-8(7-10(12)16)18-11-2-5-17(11)4-1-3-14/h6-7,11H,1-5H2. The van der Waals surface area contributed by atoms with Gasteiger partial charge >= 0.3 is 0 Å². The van der Waals surface area contributed by atoms with Gasteiger partial charge in [0, 0.05) is 31.6 Å². The Kier molecular flexibility index (Phi) is 4.50. The van der Waals surface area contributed by atoms with E-state index < -0.39 is 11.6 Å². The molecule has 0 saturated carbocycles. The predicted octanol–water partition coefficient (Wildman–Crippen LogP) is 3.50. The minimum absolute atomic E-state index is 0.156. The second kappa shape index (κ2) is 5.93. The highest BCUT2D eigenvalue weighted by Crippen LogP contribution is 2.28. The number of hydrogen-bond donors (Lipinski definition) is 0. The Morgan fingerprint density at radius 2 is 2.00 bits per heavy atom. The Bertz CT molecular complexity index is 407. The SMILES string of the molecule is FCCCN1CCC1Oc1cc(F)c(Br)c(F)c1. The van der Waals surface area contributed by atoms with Crippen LogP contribution in [0.4, 0.5) is 13.2 Å². The molecule has 0 aromatic heterocycles. The van der Waals surface area contributed by atoms with E-state index in [0.29, 0.717) is 13.0 Å². The maximum absolute atomic E-state index is 13.3. The third kappa shape index (κ3) is 2.98. The van der Waals surface area contributed by atoms with Crippen LogP contribution in [0.1, 0.15) is 12.8 Å². The highest BCUT2D eigenvalue weighted by atomic mass is 79.9. The monoisotopic (exact) mass is 323 g/mol. The number of rotatable bonds is 5. The van der Waals surface area contributed by atoms with Gasteiger partial charge in [-0.15, -0.1) is 0 Å². The largest absolute Gasteiger partial charge is 0.475 e. The highest BCUT2D eigenvalue weighted by molar-refractivity contribution is 9.10. The number of ether oxygens (including phenoxy) is 1. The molecule has 100 valence electrons. The predicted molar refractivity (Wildman–Crippen MR) is 65.3 cm³/mol. The van der Waals surface area contributed by atoms with Crippen LogP contribution in [0.25, 0.3) is 0 Å². The van der Waals surface area contributed by atoms with E-state index >= 15 is 0 Å². The Morgan fingerprint density at radius 3 is 2.50 bits per heavy atom. The van der Waals surface area contributed by atoms with Gasteiger partial charge in [-0.25, -0.2) is 8.78 Å². The van der Waals surface area contributed by atoms with Crippen molar-refractivity contribution in [1.82, 2.24) is 4.90 Å². The number of nitrogens with zero attached hydrogens (tertiary/aromatic N) is 1. The fraction of sp³-hybridized carbons (Fsp3) is 0.500. The van der Waals surface area contributed by atoms with Crippen LogP contribution in [-0.4, -0.2) is 30.9 Å². The maximum Gasteiger partial charge on any atom is 0.153 e. The van der Waals surface area contributed by atoms with Gasteiger partial charge in [0.05, 0.1) is 11.1 Å². The molecule has 1 fully saturated rings. The summed E-state index contributed by atoms with van der Waals surface area (Å²) in [6.45, 7) is 1.06. The molecule has 18 heavy (non-hydrogen) atoms. The molecule has 1 atom stereocenters. The lowest BCUT2D eigenvalue weighted by Crippen LogP contribution is -2.51. The number of alkyl halides is 1. The molecular formula is C12H13BrF3NO. The van der Waals surface area contributed by atoms with Crippen LogP contribution in [0.15, 0.2) is 16.6 Å². The van der Waals surface area contributed by atoms with Gasteiger partial charge in [-0.2, -0.15) is 0 Å². The summed E-state index contributed by atoms with van der Waals surface area (Å²) in [6, 6.07) is 2.28. The molecule has 0 amide bonds.